The van der Waals surface area contributed by atoms with Crippen molar-refractivity contribution in [3.05, 3.63) is 28.2 Å². The van der Waals surface area contributed by atoms with Gasteiger partial charge in [0.05, 0.1) is 5.25 Å². The van der Waals surface area contributed by atoms with Crippen molar-refractivity contribution < 1.29 is 8.42 Å². The quantitative estimate of drug-likeness (QED) is 0.745. The maximum atomic E-state index is 12.1. The number of benzene rings is 1. The second kappa shape index (κ2) is 7.26. The van der Waals surface area contributed by atoms with Crippen LogP contribution in [0.15, 0.2) is 22.7 Å². The average molecular weight is 349 g/mol. The molecule has 6 heteroatoms. The minimum atomic E-state index is -3.35. The van der Waals surface area contributed by atoms with E-state index in [4.69, 9.17) is 0 Å². The fraction of sp³-hybridized carbons (Fsp3) is 0.538. The Bertz CT molecular complexity index is 517. The topological polar surface area (TPSA) is 58.2 Å². The molecule has 2 N–H and O–H groups in total. The van der Waals surface area contributed by atoms with Gasteiger partial charge < -0.3 is 5.32 Å². The monoisotopic (exact) mass is 348 g/mol. The number of halogens is 1. The number of hydrogen-bond acceptors (Lipinski definition) is 3. The number of aryl methyl sites for hydroxylation is 1. The van der Waals surface area contributed by atoms with Crippen LogP contribution in [0.4, 0.5) is 5.69 Å². The van der Waals surface area contributed by atoms with Crippen molar-refractivity contribution >= 4 is 31.6 Å². The Balaban J connectivity index is 2.70. The zero-order valence-electron chi connectivity index (χ0n) is 11.5. The summed E-state index contributed by atoms with van der Waals surface area (Å²) in [4.78, 5) is 0. The van der Waals surface area contributed by atoms with Crippen molar-refractivity contribution in [1.82, 2.24) is 5.32 Å². The lowest BCUT2D eigenvalue weighted by Gasteiger charge is -2.15. The van der Waals surface area contributed by atoms with Crippen LogP contribution in [0.3, 0.4) is 0 Å². The predicted molar refractivity (Wildman–Crippen MR) is 84.0 cm³/mol. The van der Waals surface area contributed by atoms with Crippen molar-refractivity contribution in [3.63, 3.8) is 0 Å². The molecule has 0 bridgehead atoms. The molecule has 0 aliphatic heterocycles. The van der Waals surface area contributed by atoms with Gasteiger partial charge in [0.1, 0.15) is 0 Å². The highest BCUT2D eigenvalue weighted by molar-refractivity contribution is 9.10. The van der Waals surface area contributed by atoms with Gasteiger partial charge in [0.2, 0.25) is 10.0 Å². The summed E-state index contributed by atoms with van der Waals surface area (Å²) in [7, 11) is -3.35. The molecule has 1 unspecified atom stereocenters. The van der Waals surface area contributed by atoms with Gasteiger partial charge in [-0.05, 0) is 50.6 Å². The minimum Gasteiger partial charge on any atom is -0.315 e. The van der Waals surface area contributed by atoms with Crippen molar-refractivity contribution in [2.24, 2.45) is 0 Å². The van der Waals surface area contributed by atoms with Gasteiger partial charge in [-0.1, -0.05) is 22.9 Å². The summed E-state index contributed by atoms with van der Waals surface area (Å²) in [5, 5.41) is 2.65. The molecule has 4 nitrogen and oxygen atoms in total. The molecule has 0 aliphatic carbocycles. The molecule has 0 saturated heterocycles. The van der Waals surface area contributed by atoms with Crippen molar-refractivity contribution in [1.29, 1.82) is 0 Å². The molecular formula is C13H21BrN2O2S. The lowest BCUT2D eigenvalue weighted by Crippen LogP contribution is -2.35. The fourth-order valence-electron chi connectivity index (χ4n) is 1.56. The highest BCUT2D eigenvalue weighted by Gasteiger charge is 2.20. The van der Waals surface area contributed by atoms with E-state index in [1.54, 1.807) is 13.0 Å². The summed E-state index contributed by atoms with van der Waals surface area (Å²) in [6, 6.07) is 5.40. The Kier molecular flexibility index (Phi) is 6.29. The molecule has 0 radical (unpaired) electrons. The third-order valence-corrected chi connectivity index (χ3v) is 5.44. The smallest absolute Gasteiger partial charge is 0.236 e. The summed E-state index contributed by atoms with van der Waals surface area (Å²) in [5.74, 6) is 0. The van der Waals surface area contributed by atoms with E-state index in [2.05, 4.69) is 32.9 Å². The summed E-state index contributed by atoms with van der Waals surface area (Å²) in [5.41, 5.74) is 1.60. The first-order valence-electron chi connectivity index (χ1n) is 6.35. The first-order chi connectivity index (χ1) is 8.86. The van der Waals surface area contributed by atoms with Gasteiger partial charge in [-0.15, -0.1) is 0 Å². The van der Waals surface area contributed by atoms with E-state index in [1.165, 1.54) is 0 Å². The zero-order valence-corrected chi connectivity index (χ0v) is 13.9. The first kappa shape index (κ1) is 16.5. The summed E-state index contributed by atoms with van der Waals surface area (Å²) in [6.45, 7) is 6.97. The molecule has 0 aromatic heterocycles. The van der Waals surface area contributed by atoms with Gasteiger partial charge in [-0.3, -0.25) is 4.72 Å². The standard InChI is InChI=1S/C13H21BrN2O2S/c1-4-7-15-9-11(3)19(17,18)16-12-5-6-13(14)10(2)8-12/h5-6,8,11,15-16H,4,7,9H2,1-3H3. The van der Waals surface area contributed by atoms with E-state index in [9.17, 15) is 8.42 Å². The van der Waals surface area contributed by atoms with Crippen LogP contribution in [-0.4, -0.2) is 26.8 Å². The van der Waals surface area contributed by atoms with E-state index in [0.717, 1.165) is 23.0 Å². The molecule has 1 atom stereocenters. The van der Waals surface area contributed by atoms with E-state index in [1.807, 2.05) is 19.1 Å². The average Bonchev–Trinajstić information content (AvgIpc) is 2.33. The van der Waals surface area contributed by atoms with Crippen LogP contribution >= 0.6 is 15.9 Å². The molecule has 1 rings (SSSR count). The summed E-state index contributed by atoms with van der Waals surface area (Å²) >= 11 is 3.39. The van der Waals surface area contributed by atoms with Crippen LogP contribution in [0.5, 0.6) is 0 Å². The van der Waals surface area contributed by atoms with Crippen molar-refractivity contribution in [3.8, 4) is 0 Å². The Morgan fingerprint density at radius 2 is 2.05 bits per heavy atom. The lowest BCUT2D eigenvalue weighted by atomic mass is 10.2. The van der Waals surface area contributed by atoms with E-state index in [-0.39, 0.29) is 0 Å². The molecule has 19 heavy (non-hydrogen) atoms. The molecule has 0 heterocycles. The normalized spacial score (nSPS) is 13.3. The molecular weight excluding hydrogens is 328 g/mol. The van der Waals surface area contributed by atoms with Gasteiger partial charge >= 0.3 is 0 Å². The molecule has 1 aromatic carbocycles. The number of hydrogen-bond donors (Lipinski definition) is 2. The van der Waals surface area contributed by atoms with Gasteiger partial charge in [-0.2, -0.15) is 0 Å². The SMILES string of the molecule is CCCNCC(C)S(=O)(=O)Nc1ccc(Br)c(C)c1. The van der Waals surface area contributed by atoms with Crippen LogP contribution in [0.2, 0.25) is 0 Å². The Morgan fingerprint density at radius 3 is 2.63 bits per heavy atom. The maximum Gasteiger partial charge on any atom is 0.236 e. The van der Waals surface area contributed by atoms with Crippen LogP contribution in [0, 0.1) is 6.92 Å². The molecule has 0 spiro atoms. The van der Waals surface area contributed by atoms with Crippen LogP contribution < -0.4 is 10.0 Å². The van der Waals surface area contributed by atoms with Crippen molar-refractivity contribution in [2.45, 2.75) is 32.4 Å². The second-order valence-corrected chi connectivity index (χ2v) is 7.58. The van der Waals surface area contributed by atoms with E-state index in [0.29, 0.717) is 12.2 Å². The van der Waals surface area contributed by atoms with Gasteiger partial charge in [0.15, 0.2) is 0 Å². The van der Waals surface area contributed by atoms with Crippen LogP contribution in [0.1, 0.15) is 25.8 Å². The number of anilines is 1. The molecule has 1 aromatic rings. The predicted octanol–water partition coefficient (Wildman–Crippen LogP) is 2.89. The number of nitrogens with one attached hydrogen (secondary N) is 2. The number of sulfonamides is 1. The Labute approximate surface area is 124 Å². The zero-order chi connectivity index (χ0) is 14.5. The third kappa shape index (κ3) is 5.12. The van der Waals surface area contributed by atoms with Gasteiger partial charge in [0.25, 0.3) is 0 Å². The minimum absolute atomic E-state index is 0.457. The lowest BCUT2D eigenvalue weighted by molar-refractivity contribution is 0.576. The first-order valence-corrected chi connectivity index (χ1v) is 8.69. The largest absolute Gasteiger partial charge is 0.315 e. The molecule has 0 amide bonds. The van der Waals surface area contributed by atoms with E-state index >= 15 is 0 Å². The molecule has 0 saturated carbocycles. The maximum absolute atomic E-state index is 12.1. The van der Waals surface area contributed by atoms with Gasteiger partial charge in [0, 0.05) is 16.7 Å². The number of rotatable bonds is 7. The highest BCUT2D eigenvalue weighted by Crippen LogP contribution is 2.21. The summed E-state index contributed by atoms with van der Waals surface area (Å²) in [6.07, 6.45) is 0.992. The molecule has 0 fully saturated rings. The molecule has 0 aliphatic rings. The summed E-state index contributed by atoms with van der Waals surface area (Å²) < 4.78 is 27.8. The van der Waals surface area contributed by atoms with Crippen molar-refractivity contribution in [2.75, 3.05) is 17.8 Å². The fourth-order valence-corrected chi connectivity index (χ4v) is 2.81. The second-order valence-electron chi connectivity index (χ2n) is 4.63. The highest BCUT2D eigenvalue weighted by atomic mass is 79.9. The third-order valence-electron chi connectivity index (χ3n) is 2.81. The van der Waals surface area contributed by atoms with E-state index < -0.39 is 15.3 Å². The van der Waals surface area contributed by atoms with Gasteiger partial charge in [-0.25, -0.2) is 8.42 Å². The Morgan fingerprint density at radius 1 is 1.37 bits per heavy atom. The Hall–Kier alpha value is -0.590. The van der Waals surface area contributed by atoms with Crippen LogP contribution in [0.25, 0.3) is 0 Å². The van der Waals surface area contributed by atoms with Crippen LogP contribution in [-0.2, 0) is 10.0 Å². The molecule has 108 valence electrons.